The van der Waals surface area contributed by atoms with Crippen molar-refractivity contribution in [2.75, 3.05) is 40.9 Å². The summed E-state index contributed by atoms with van der Waals surface area (Å²) in [6, 6.07) is 14.0. The monoisotopic (exact) mass is 438 g/mol. The molecule has 0 saturated heterocycles. The first kappa shape index (κ1) is 22.2. The Morgan fingerprint density at radius 2 is 1.91 bits per heavy atom. The summed E-state index contributed by atoms with van der Waals surface area (Å²) in [4.78, 5) is 14.7. The third-order valence-electron chi connectivity index (χ3n) is 6.24. The van der Waals surface area contributed by atoms with Crippen LogP contribution in [0.4, 0.5) is 0 Å². The Kier molecular flexibility index (Phi) is 6.67. The Balaban J connectivity index is 1.40. The fourth-order valence-corrected chi connectivity index (χ4v) is 4.52. The summed E-state index contributed by atoms with van der Waals surface area (Å²) in [5, 5.41) is 14.0. The number of aromatic nitrogens is 1. The number of rotatable bonds is 9. The number of nitrogens with zero attached hydrogens (tertiary/aromatic N) is 2. The average molecular weight is 439 g/mol. The largest absolute Gasteiger partial charge is 0.493 e. The summed E-state index contributed by atoms with van der Waals surface area (Å²) in [6.45, 7) is 2.55. The number of ether oxygens (including phenoxy) is 2. The molecule has 0 bridgehead atoms. The number of para-hydroxylation sites is 1. The van der Waals surface area contributed by atoms with Crippen molar-refractivity contribution in [3.63, 3.8) is 0 Å². The van der Waals surface area contributed by atoms with Crippen LogP contribution in [0, 0.1) is 0 Å². The molecule has 7 heteroatoms. The van der Waals surface area contributed by atoms with Crippen LogP contribution in [0.25, 0.3) is 10.9 Å². The Labute approximate surface area is 188 Å². The summed E-state index contributed by atoms with van der Waals surface area (Å²) in [6.07, 6.45) is 1.15. The van der Waals surface area contributed by atoms with Gasteiger partial charge in [0.15, 0.2) is 11.5 Å². The molecule has 1 amide bonds. The Morgan fingerprint density at radius 1 is 1.12 bits per heavy atom. The van der Waals surface area contributed by atoms with Gasteiger partial charge in [0.05, 0.1) is 27.3 Å². The standard InChI is InChI=1S/C25H31N3O4/c1-27-13-11-20-19-6-4-5-7-21(19)28(24(20)25(27)30)16-18(29)15-26-12-10-17-8-9-22(31-2)23(14-17)32-3/h4-9,14,18,26,29H,10-13,15-16H2,1-3H3/p+1/t18-/m0/s1. The number of nitrogens with two attached hydrogens (primary N) is 1. The van der Waals surface area contributed by atoms with E-state index in [4.69, 9.17) is 9.47 Å². The first-order valence-electron chi connectivity index (χ1n) is 11.1. The molecule has 1 atom stereocenters. The Bertz CT molecular complexity index is 1110. The first-order valence-corrected chi connectivity index (χ1v) is 11.1. The lowest BCUT2D eigenvalue weighted by atomic mass is 10.0. The van der Waals surface area contributed by atoms with Crippen molar-refractivity contribution < 1.29 is 24.7 Å². The van der Waals surface area contributed by atoms with E-state index in [-0.39, 0.29) is 5.91 Å². The molecule has 4 rings (SSSR count). The van der Waals surface area contributed by atoms with Gasteiger partial charge in [0.1, 0.15) is 18.3 Å². The molecule has 0 unspecified atom stereocenters. The summed E-state index contributed by atoms with van der Waals surface area (Å²) in [5.41, 5.74) is 4.01. The fraction of sp³-hybridized carbons (Fsp3) is 0.400. The third kappa shape index (κ3) is 4.31. The average Bonchev–Trinajstić information content (AvgIpc) is 3.13. The summed E-state index contributed by atoms with van der Waals surface area (Å²) < 4.78 is 12.7. The topological polar surface area (TPSA) is 80.5 Å². The van der Waals surface area contributed by atoms with Crippen LogP contribution >= 0.6 is 0 Å². The highest BCUT2D eigenvalue weighted by Crippen LogP contribution is 2.31. The minimum atomic E-state index is -0.555. The maximum absolute atomic E-state index is 12.9. The highest BCUT2D eigenvalue weighted by Gasteiger charge is 2.29. The highest BCUT2D eigenvalue weighted by molar-refractivity contribution is 6.02. The molecule has 3 aromatic rings. The van der Waals surface area contributed by atoms with Gasteiger partial charge in [-0.1, -0.05) is 24.3 Å². The molecule has 0 saturated carbocycles. The number of amides is 1. The summed E-state index contributed by atoms with van der Waals surface area (Å²) >= 11 is 0. The molecule has 2 heterocycles. The Morgan fingerprint density at radius 3 is 2.69 bits per heavy atom. The molecule has 0 radical (unpaired) electrons. The number of hydrogen-bond donors (Lipinski definition) is 2. The van der Waals surface area contributed by atoms with E-state index < -0.39 is 6.10 Å². The number of likely N-dealkylation sites (N-methyl/N-ethyl adjacent to an activating group) is 1. The molecule has 0 fully saturated rings. The lowest BCUT2D eigenvalue weighted by Crippen LogP contribution is -2.87. The molecule has 32 heavy (non-hydrogen) atoms. The zero-order valence-electron chi connectivity index (χ0n) is 19.0. The van der Waals surface area contributed by atoms with E-state index in [1.54, 1.807) is 19.1 Å². The molecule has 0 aliphatic carbocycles. The normalized spacial score (nSPS) is 14.5. The van der Waals surface area contributed by atoms with Crippen molar-refractivity contribution in [2.45, 2.75) is 25.5 Å². The SMILES string of the molecule is COc1ccc(CC[NH2+]C[C@H](O)Cn2c3c(c4ccccc42)CCN(C)C3=O)cc1OC. The second-order valence-electron chi connectivity index (χ2n) is 8.34. The van der Waals surface area contributed by atoms with E-state index in [0.717, 1.165) is 65.2 Å². The molecule has 1 aliphatic heterocycles. The molecule has 170 valence electrons. The molecular formula is C25H32N3O4+. The number of carbonyl (C=O) groups is 1. The van der Waals surface area contributed by atoms with E-state index in [1.165, 1.54) is 0 Å². The quantitative estimate of drug-likeness (QED) is 0.496. The molecule has 3 N–H and O–H groups in total. The number of quaternary nitrogens is 1. The summed E-state index contributed by atoms with van der Waals surface area (Å²) in [7, 11) is 5.10. The predicted octanol–water partition coefficient (Wildman–Crippen LogP) is 1.45. The minimum Gasteiger partial charge on any atom is -0.493 e. The van der Waals surface area contributed by atoms with Gasteiger partial charge in [-0.25, -0.2) is 0 Å². The van der Waals surface area contributed by atoms with Crippen LogP contribution in [-0.2, 0) is 19.4 Å². The highest BCUT2D eigenvalue weighted by atomic mass is 16.5. The zero-order chi connectivity index (χ0) is 22.7. The van der Waals surface area contributed by atoms with Gasteiger partial charge >= 0.3 is 0 Å². The first-order chi connectivity index (χ1) is 15.5. The van der Waals surface area contributed by atoms with Crippen molar-refractivity contribution >= 4 is 16.8 Å². The molecule has 1 aromatic heterocycles. The van der Waals surface area contributed by atoms with Gasteiger partial charge in [-0.15, -0.1) is 0 Å². The van der Waals surface area contributed by atoms with Gasteiger partial charge in [0.25, 0.3) is 5.91 Å². The van der Waals surface area contributed by atoms with Crippen molar-refractivity contribution in [3.05, 3.63) is 59.3 Å². The van der Waals surface area contributed by atoms with E-state index in [0.29, 0.717) is 13.1 Å². The molecule has 1 aliphatic rings. The number of hydrogen-bond acceptors (Lipinski definition) is 4. The van der Waals surface area contributed by atoms with Gasteiger partial charge in [-0.05, 0) is 35.7 Å². The molecule has 0 spiro atoms. The van der Waals surface area contributed by atoms with Crippen molar-refractivity contribution in [3.8, 4) is 11.5 Å². The van der Waals surface area contributed by atoms with E-state index in [1.807, 2.05) is 48.0 Å². The van der Waals surface area contributed by atoms with Crippen LogP contribution < -0.4 is 14.8 Å². The van der Waals surface area contributed by atoms with Crippen LogP contribution in [0.3, 0.4) is 0 Å². The Hall–Kier alpha value is -3.03. The van der Waals surface area contributed by atoms with Crippen LogP contribution in [0.5, 0.6) is 11.5 Å². The smallest absolute Gasteiger partial charge is 0.270 e. The van der Waals surface area contributed by atoms with E-state index in [9.17, 15) is 9.90 Å². The predicted molar refractivity (Wildman–Crippen MR) is 124 cm³/mol. The van der Waals surface area contributed by atoms with Crippen molar-refractivity contribution in [2.24, 2.45) is 0 Å². The van der Waals surface area contributed by atoms with Crippen LogP contribution in [0.15, 0.2) is 42.5 Å². The number of carbonyl (C=O) groups excluding carboxylic acids is 1. The fourth-order valence-electron chi connectivity index (χ4n) is 4.52. The van der Waals surface area contributed by atoms with E-state index in [2.05, 4.69) is 11.4 Å². The molecule has 7 nitrogen and oxygen atoms in total. The lowest BCUT2D eigenvalue weighted by Gasteiger charge is -2.25. The van der Waals surface area contributed by atoms with Crippen LogP contribution in [-0.4, -0.2) is 67.5 Å². The maximum Gasteiger partial charge on any atom is 0.270 e. The number of aliphatic hydroxyl groups is 1. The second kappa shape index (κ2) is 9.63. The molecule has 2 aromatic carbocycles. The number of methoxy groups -OCH3 is 2. The number of aliphatic hydroxyl groups excluding tert-OH is 1. The maximum atomic E-state index is 12.9. The van der Waals surface area contributed by atoms with E-state index >= 15 is 0 Å². The third-order valence-corrected chi connectivity index (χ3v) is 6.24. The van der Waals surface area contributed by atoms with Crippen LogP contribution in [0.1, 0.15) is 21.6 Å². The van der Waals surface area contributed by atoms with Crippen molar-refractivity contribution in [1.82, 2.24) is 9.47 Å². The number of fused-ring (bicyclic) bond motifs is 3. The minimum absolute atomic E-state index is 0.0343. The second-order valence-corrected chi connectivity index (χ2v) is 8.34. The summed E-state index contributed by atoms with van der Waals surface area (Å²) in [5.74, 6) is 1.48. The van der Waals surface area contributed by atoms with Crippen LogP contribution in [0.2, 0.25) is 0 Å². The van der Waals surface area contributed by atoms with Gasteiger partial charge in [-0.3, -0.25) is 4.79 Å². The number of benzene rings is 2. The van der Waals surface area contributed by atoms with Gasteiger partial charge in [0, 0.05) is 30.9 Å². The van der Waals surface area contributed by atoms with Gasteiger partial charge in [0.2, 0.25) is 0 Å². The zero-order valence-corrected chi connectivity index (χ0v) is 19.0. The molecular weight excluding hydrogens is 406 g/mol. The van der Waals surface area contributed by atoms with Crippen molar-refractivity contribution in [1.29, 1.82) is 0 Å². The van der Waals surface area contributed by atoms with Gasteiger partial charge < -0.3 is 29.4 Å². The van der Waals surface area contributed by atoms with Gasteiger partial charge in [-0.2, -0.15) is 0 Å². The lowest BCUT2D eigenvalue weighted by molar-refractivity contribution is -0.660.